The second-order valence-electron chi connectivity index (χ2n) is 1.79. The van der Waals surface area contributed by atoms with Crippen LogP contribution in [0.3, 0.4) is 0 Å². The quantitative estimate of drug-likeness (QED) is 0.495. The van der Waals surface area contributed by atoms with Crippen molar-refractivity contribution >= 4 is 67.6 Å². The fourth-order valence-electron chi connectivity index (χ4n) is 0.362. The normalized spacial score (nSPS) is 11.7. The zero-order valence-electron chi connectivity index (χ0n) is 5.42. The number of alkyl halides is 3. The van der Waals surface area contributed by atoms with Gasteiger partial charge in [-0.25, -0.2) is 4.72 Å². The number of nitrogens with one attached hydrogen (secondary N) is 1. The van der Waals surface area contributed by atoms with E-state index in [-0.39, 0.29) is 51.4 Å². The zero-order chi connectivity index (χ0) is 9.99. The molecule has 0 aliphatic carbocycles. The van der Waals surface area contributed by atoms with Gasteiger partial charge < -0.3 is 0 Å². The summed E-state index contributed by atoms with van der Waals surface area (Å²) in [7, 11) is -4.90. The molecule has 0 aromatic carbocycles. The van der Waals surface area contributed by atoms with E-state index in [0.717, 1.165) is 4.72 Å². The van der Waals surface area contributed by atoms with Crippen LogP contribution in [0.2, 0.25) is 0 Å². The first-order valence-electron chi connectivity index (χ1n) is 2.45. The average molecular weight is 247 g/mol. The molecule has 0 aliphatic heterocycles. The summed E-state index contributed by atoms with van der Waals surface area (Å²) in [5, 5.41) is 0. The van der Waals surface area contributed by atoms with E-state index in [2.05, 4.69) is 0 Å². The summed E-state index contributed by atoms with van der Waals surface area (Å²) in [4.78, 5) is 10.1. The van der Waals surface area contributed by atoms with Crippen LogP contribution in [0.25, 0.3) is 0 Å². The Balaban J connectivity index is 0. The summed E-state index contributed by atoms with van der Waals surface area (Å²) in [6.07, 6.45) is -6.75. The number of hydrogen-bond acceptors (Lipinski definition) is 3. The third-order valence-corrected chi connectivity index (χ3v) is 1.09. The van der Waals surface area contributed by atoms with Gasteiger partial charge >= 0.3 is 67.9 Å². The number of halogens is 3. The van der Waals surface area contributed by atoms with Gasteiger partial charge in [-0.05, 0) is 0 Å². The maximum absolute atomic E-state index is 11.3. The van der Waals surface area contributed by atoms with Crippen molar-refractivity contribution in [3.8, 4) is 0 Å². The molecule has 0 aliphatic rings. The van der Waals surface area contributed by atoms with Gasteiger partial charge in [-0.2, -0.15) is 21.6 Å². The van der Waals surface area contributed by atoms with Crippen LogP contribution < -0.4 is 4.72 Å². The molecule has 2 N–H and O–H groups in total. The molecule has 0 fully saturated rings. The fraction of sp³-hybridized carbons (Fsp3) is 0.667. The van der Waals surface area contributed by atoms with Gasteiger partial charge in [-0.3, -0.25) is 9.35 Å². The molecule has 0 aromatic rings. The standard InChI is InChI=1S/C3H4F3NO4S.K.H/c4-3(5,6)1-2(8)7-12(9,10)11;;/h1H2,(H,7,8)(H,9,10,11);;. The molecule has 0 bridgehead atoms. The Morgan fingerprint density at radius 1 is 1.38 bits per heavy atom. The van der Waals surface area contributed by atoms with Gasteiger partial charge in [0.15, 0.2) is 0 Å². The van der Waals surface area contributed by atoms with Crippen LogP contribution in [-0.2, 0) is 15.1 Å². The third-order valence-electron chi connectivity index (χ3n) is 0.604. The summed E-state index contributed by atoms with van der Waals surface area (Å²) in [5.41, 5.74) is 0. The van der Waals surface area contributed by atoms with E-state index < -0.39 is 28.8 Å². The number of carbonyl (C=O) groups excluding carboxylic acids is 1. The first kappa shape index (κ1) is 16.2. The second-order valence-corrected chi connectivity index (χ2v) is 2.95. The van der Waals surface area contributed by atoms with Crippen LogP contribution in [0.15, 0.2) is 0 Å². The van der Waals surface area contributed by atoms with Crippen LogP contribution >= 0.6 is 0 Å². The Labute approximate surface area is 114 Å². The van der Waals surface area contributed by atoms with Gasteiger partial charge in [0, 0.05) is 0 Å². The van der Waals surface area contributed by atoms with Gasteiger partial charge in [0.2, 0.25) is 5.91 Å². The van der Waals surface area contributed by atoms with E-state index in [9.17, 15) is 26.4 Å². The molecule has 0 unspecified atom stereocenters. The maximum atomic E-state index is 11.3. The second kappa shape index (κ2) is 5.63. The SMILES string of the molecule is O=C(CC(F)(F)F)NS(=O)(=O)O.[KH]. The van der Waals surface area contributed by atoms with Gasteiger partial charge in [0.25, 0.3) is 0 Å². The zero-order valence-corrected chi connectivity index (χ0v) is 6.24. The number of carbonyl (C=O) groups is 1. The van der Waals surface area contributed by atoms with Crippen molar-refractivity contribution in [1.82, 2.24) is 4.72 Å². The summed E-state index contributed by atoms with van der Waals surface area (Å²) >= 11 is 0. The summed E-state index contributed by atoms with van der Waals surface area (Å²) < 4.78 is 62.2. The van der Waals surface area contributed by atoms with Crippen molar-refractivity contribution < 1.29 is 30.9 Å². The topological polar surface area (TPSA) is 83.5 Å². The van der Waals surface area contributed by atoms with E-state index >= 15 is 0 Å². The molecule has 0 atom stereocenters. The summed E-state index contributed by atoms with van der Waals surface area (Å²) in [6.45, 7) is 0. The van der Waals surface area contributed by atoms with Gasteiger partial charge in [0.05, 0.1) is 0 Å². The number of rotatable bonds is 2. The Morgan fingerprint density at radius 2 is 1.77 bits per heavy atom. The number of amides is 1. The molecule has 0 spiro atoms. The minimum atomic E-state index is -4.90. The van der Waals surface area contributed by atoms with E-state index in [1.54, 1.807) is 0 Å². The Hall–Kier alpha value is 0.806. The van der Waals surface area contributed by atoms with Gasteiger partial charge in [-0.1, -0.05) is 0 Å². The van der Waals surface area contributed by atoms with Crippen molar-refractivity contribution in [2.24, 2.45) is 0 Å². The van der Waals surface area contributed by atoms with Crippen molar-refractivity contribution in [3.63, 3.8) is 0 Å². The third kappa shape index (κ3) is 12.8. The predicted molar refractivity (Wildman–Crippen MR) is 37.5 cm³/mol. The summed E-state index contributed by atoms with van der Waals surface area (Å²) in [6, 6.07) is 0. The Kier molecular flexibility index (Phi) is 7.03. The molecule has 0 saturated carbocycles. The number of hydrogen-bond donors (Lipinski definition) is 2. The molecule has 0 aromatic heterocycles. The van der Waals surface area contributed by atoms with E-state index in [4.69, 9.17) is 4.55 Å². The first-order valence-corrected chi connectivity index (χ1v) is 3.89. The van der Waals surface area contributed by atoms with E-state index in [0.29, 0.717) is 0 Å². The van der Waals surface area contributed by atoms with Crippen LogP contribution in [-0.4, -0.2) is 76.4 Å². The van der Waals surface area contributed by atoms with Crippen LogP contribution in [0.5, 0.6) is 0 Å². The van der Waals surface area contributed by atoms with Gasteiger partial charge in [-0.15, -0.1) is 0 Å². The van der Waals surface area contributed by atoms with Crippen LogP contribution in [0.1, 0.15) is 6.42 Å². The molecular weight excluding hydrogens is 242 g/mol. The van der Waals surface area contributed by atoms with Crippen molar-refractivity contribution in [1.29, 1.82) is 0 Å². The molecule has 1 amide bonds. The van der Waals surface area contributed by atoms with Crippen molar-refractivity contribution in [3.05, 3.63) is 0 Å². The average Bonchev–Trinajstić information content (AvgIpc) is 1.49. The molecule has 0 heterocycles. The van der Waals surface area contributed by atoms with Crippen molar-refractivity contribution in [2.75, 3.05) is 0 Å². The van der Waals surface area contributed by atoms with Crippen molar-refractivity contribution in [2.45, 2.75) is 12.6 Å². The van der Waals surface area contributed by atoms with E-state index in [1.807, 2.05) is 0 Å². The van der Waals surface area contributed by atoms with Crippen LogP contribution in [0.4, 0.5) is 13.2 Å². The molecule has 74 valence electrons. The summed E-state index contributed by atoms with van der Waals surface area (Å²) in [5.74, 6) is -1.83. The first-order chi connectivity index (χ1) is 5.10. The van der Waals surface area contributed by atoms with Crippen LogP contribution in [0, 0.1) is 0 Å². The molecule has 5 nitrogen and oxygen atoms in total. The Bertz CT molecular complexity index is 273. The van der Waals surface area contributed by atoms with E-state index in [1.165, 1.54) is 0 Å². The fourth-order valence-corrected chi connectivity index (χ4v) is 0.722. The molecule has 13 heavy (non-hydrogen) atoms. The Morgan fingerprint density at radius 3 is 2.00 bits per heavy atom. The minimum absolute atomic E-state index is 0. The molecule has 0 rings (SSSR count). The molecule has 0 saturated heterocycles. The monoisotopic (exact) mass is 247 g/mol. The van der Waals surface area contributed by atoms with Gasteiger partial charge in [0.1, 0.15) is 6.42 Å². The molecule has 0 radical (unpaired) electrons. The molecular formula is C3H5F3KNO4S. The molecule has 10 heteroatoms. The predicted octanol–water partition coefficient (Wildman–Crippen LogP) is -0.791.